The van der Waals surface area contributed by atoms with Crippen LogP contribution in [0, 0.1) is 5.82 Å². The quantitative estimate of drug-likeness (QED) is 0.640. The lowest BCUT2D eigenvalue weighted by Gasteiger charge is -2.43. The maximum absolute atomic E-state index is 13.9. The number of nitrogens with zero attached hydrogens (tertiary/aromatic N) is 3. The summed E-state index contributed by atoms with van der Waals surface area (Å²) in [6.07, 6.45) is 0. The van der Waals surface area contributed by atoms with Gasteiger partial charge in [0, 0.05) is 18.5 Å². The highest BCUT2D eigenvalue weighted by Gasteiger charge is 2.48. The van der Waals surface area contributed by atoms with E-state index in [0.717, 1.165) is 11.3 Å². The Bertz CT molecular complexity index is 1180. The average Bonchev–Trinajstić information content (AvgIpc) is 3.20. The molecule has 33 heavy (non-hydrogen) atoms. The van der Waals surface area contributed by atoms with Crippen LogP contribution in [0.2, 0.25) is 0 Å². The van der Waals surface area contributed by atoms with E-state index < -0.39 is 5.54 Å². The lowest BCUT2D eigenvalue weighted by atomic mass is 9.91. The van der Waals surface area contributed by atoms with Crippen molar-refractivity contribution in [1.29, 1.82) is 0 Å². The van der Waals surface area contributed by atoms with Gasteiger partial charge in [-0.15, -0.1) is 0 Å². The molecule has 6 nitrogen and oxygen atoms in total. The Hall–Kier alpha value is -3.48. The Kier molecular flexibility index (Phi) is 5.82. The van der Waals surface area contributed by atoms with Crippen molar-refractivity contribution in [3.8, 4) is 0 Å². The first-order valence-corrected chi connectivity index (χ1v) is 11.0. The molecule has 7 heteroatoms. The molecule has 0 spiro atoms. The molecule has 1 aliphatic rings. The number of benzene rings is 2. The summed E-state index contributed by atoms with van der Waals surface area (Å²) in [6.45, 7) is 8.50. The van der Waals surface area contributed by atoms with E-state index in [1.807, 2.05) is 51.1 Å². The summed E-state index contributed by atoms with van der Waals surface area (Å²) in [7, 11) is 0. The zero-order valence-corrected chi connectivity index (χ0v) is 19.4. The number of hydrogen-bond acceptors (Lipinski definition) is 3. The molecule has 1 aromatic heterocycles. The van der Waals surface area contributed by atoms with E-state index in [2.05, 4.69) is 10.4 Å². The number of rotatable bonds is 5. The molecular formula is C26H29FN4O2. The smallest absolute Gasteiger partial charge is 0.273 e. The molecule has 2 aromatic carbocycles. The van der Waals surface area contributed by atoms with Gasteiger partial charge in [-0.3, -0.25) is 14.3 Å². The van der Waals surface area contributed by atoms with Crippen LogP contribution in [0.5, 0.6) is 0 Å². The lowest BCUT2D eigenvalue weighted by Crippen LogP contribution is -2.63. The molecule has 0 saturated heterocycles. The summed E-state index contributed by atoms with van der Waals surface area (Å²) < 4.78 is 15.5. The van der Waals surface area contributed by atoms with Gasteiger partial charge in [0.15, 0.2) is 0 Å². The van der Waals surface area contributed by atoms with Crippen molar-refractivity contribution in [1.82, 2.24) is 20.0 Å². The van der Waals surface area contributed by atoms with Crippen molar-refractivity contribution < 1.29 is 14.0 Å². The SMILES string of the molecule is CC(C)(C)c1cc2n(n1)CC(C)(C(=O)NCc1ccccc1)N(Cc1cccc(F)c1)C2=O. The molecular weight excluding hydrogens is 419 g/mol. The Morgan fingerprint density at radius 2 is 1.79 bits per heavy atom. The van der Waals surface area contributed by atoms with E-state index in [0.29, 0.717) is 17.8 Å². The molecule has 4 rings (SSSR count). The first-order chi connectivity index (χ1) is 15.6. The van der Waals surface area contributed by atoms with Crippen molar-refractivity contribution in [2.24, 2.45) is 0 Å². The second-order valence-corrected chi connectivity index (χ2v) is 9.79. The van der Waals surface area contributed by atoms with Crippen molar-refractivity contribution in [3.05, 3.63) is 89.0 Å². The highest BCUT2D eigenvalue weighted by molar-refractivity contribution is 5.99. The molecule has 2 amide bonds. The van der Waals surface area contributed by atoms with Crippen molar-refractivity contribution in [2.75, 3.05) is 0 Å². The van der Waals surface area contributed by atoms with E-state index in [1.165, 1.54) is 17.0 Å². The molecule has 1 N–H and O–H groups in total. The fourth-order valence-electron chi connectivity index (χ4n) is 4.04. The molecule has 172 valence electrons. The molecule has 2 heterocycles. The fourth-order valence-corrected chi connectivity index (χ4v) is 4.04. The summed E-state index contributed by atoms with van der Waals surface area (Å²) in [5.74, 6) is -0.965. The minimum atomic E-state index is -1.20. The maximum atomic E-state index is 13.9. The van der Waals surface area contributed by atoms with Gasteiger partial charge in [-0.05, 0) is 36.2 Å². The summed E-state index contributed by atoms with van der Waals surface area (Å²) in [5, 5.41) is 7.63. The minimum absolute atomic E-state index is 0.113. The molecule has 0 saturated carbocycles. The first-order valence-electron chi connectivity index (χ1n) is 11.0. The summed E-state index contributed by atoms with van der Waals surface area (Å²) in [4.78, 5) is 28.7. The predicted molar refractivity (Wildman–Crippen MR) is 124 cm³/mol. The lowest BCUT2D eigenvalue weighted by molar-refractivity contribution is -0.133. The van der Waals surface area contributed by atoms with Crippen LogP contribution in [0.25, 0.3) is 0 Å². The second kappa shape index (κ2) is 8.46. The summed E-state index contributed by atoms with van der Waals surface area (Å²) >= 11 is 0. The van der Waals surface area contributed by atoms with Crippen LogP contribution < -0.4 is 5.32 Å². The molecule has 1 atom stereocenters. The van der Waals surface area contributed by atoms with E-state index in [1.54, 1.807) is 29.8 Å². The van der Waals surface area contributed by atoms with Gasteiger partial charge in [-0.2, -0.15) is 5.10 Å². The molecule has 0 fully saturated rings. The van der Waals surface area contributed by atoms with E-state index in [4.69, 9.17) is 0 Å². The number of fused-ring (bicyclic) bond motifs is 1. The number of aromatic nitrogens is 2. The van der Waals surface area contributed by atoms with Crippen molar-refractivity contribution in [2.45, 2.75) is 58.3 Å². The first kappa shape index (κ1) is 22.7. The average molecular weight is 449 g/mol. The van der Waals surface area contributed by atoms with Gasteiger partial charge >= 0.3 is 0 Å². The standard InChI is InChI=1S/C26H29FN4O2/c1-25(2,3)22-14-21-23(32)30(16-19-11-8-12-20(27)13-19)26(4,17-31(21)29-22)24(33)28-15-18-9-6-5-7-10-18/h5-14H,15-17H2,1-4H3,(H,28,33). The number of halogens is 1. The van der Waals surface area contributed by atoms with E-state index in [-0.39, 0.29) is 36.1 Å². The zero-order valence-electron chi connectivity index (χ0n) is 19.4. The number of carbonyl (C=O) groups is 2. The normalized spacial score (nSPS) is 18.2. The highest BCUT2D eigenvalue weighted by atomic mass is 19.1. The van der Waals surface area contributed by atoms with Crippen molar-refractivity contribution in [3.63, 3.8) is 0 Å². The third-order valence-electron chi connectivity index (χ3n) is 6.08. The predicted octanol–water partition coefficient (Wildman–Crippen LogP) is 4.05. The van der Waals surface area contributed by atoms with Crippen LogP contribution >= 0.6 is 0 Å². The Labute approximate surface area is 193 Å². The largest absolute Gasteiger partial charge is 0.350 e. The number of carbonyl (C=O) groups excluding carboxylic acids is 2. The summed E-state index contributed by atoms with van der Waals surface area (Å²) in [5.41, 5.74) is 1.35. The van der Waals surface area contributed by atoms with E-state index >= 15 is 0 Å². The van der Waals surface area contributed by atoms with Crippen LogP contribution in [0.3, 0.4) is 0 Å². The van der Waals surface area contributed by atoms with Gasteiger partial charge in [0.2, 0.25) is 5.91 Å². The Balaban J connectivity index is 1.70. The number of amides is 2. The van der Waals surface area contributed by atoms with Crippen LogP contribution in [0.1, 0.15) is 55.0 Å². The molecule has 1 aliphatic heterocycles. The molecule has 0 aliphatic carbocycles. The van der Waals surface area contributed by atoms with Gasteiger partial charge in [0.1, 0.15) is 17.1 Å². The molecule has 1 unspecified atom stereocenters. The molecule has 3 aromatic rings. The maximum Gasteiger partial charge on any atom is 0.273 e. The van der Waals surface area contributed by atoms with Crippen LogP contribution in [-0.2, 0) is 29.8 Å². The fraction of sp³-hybridized carbons (Fsp3) is 0.346. The van der Waals surface area contributed by atoms with Crippen LogP contribution in [0.4, 0.5) is 4.39 Å². The zero-order chi connectivity index (χ0) is 23.8. The van der Waals surface area contributed by atoms with Crippen LogP contribution in [-0.4, -0.2) is 32.0 Å². The topological polar surface area (TPSA) is 67.2 Å². The highest BCUT2D eigenvalue weighted by Crippen LogP contribution is 2.32. The molecule has 0 radical (unpaired) electrons. The third-order valence-corrected chi connectivity index (χ3v) is 6.08. The summed E-state index contributed by atoms with van der Waals surface area (Å²) in [6, 6.07) is 17.5. The van der Waals surface area contributed by atoms with Gasteiger partial charge in [0.25, 0.3) is 5.91 Å². The van der Waals surface area contributed by atoms with Gasteiger partial charge < -0.3 is 10.2 Å². The van der Waals surface area contributed by atoms with Crippen molar-refractivity contribution >= 4 is 11.8 Å². The number of nitrogens with one attached hydrogen (secondary N) is 1. The molecule has 0 bridgehead atoms. The second-order valence-electron chi connectivity index (χ2n) is 9.79. The van der Waals surface area contributed by atoms with E-state index in [9.17, 15) is 14.0 Å². The van der Waals surface area contributed by atoms with Crippen LogP contribution in [0.15, 0.2) is 60.7 Å². The Morgan fingerprint density at radius 1 is 1.09 bits per heavy atom. The number of hydrogen-bond donors (Lipinski definition) is 1. The van der Waals surface area contributed by atoms with Gasteiger partial charge in [0.05, 0.1) is 12.2 Å². The van der Waals surface area contributed by atoms with Gasteiger partial charge in [-0.25, -0.2) is 4.39 Å². The Morgan fingerprint density at radius 3 is 2.45 bits per heavy atom. The monoisotopic (exact) mass is 448 g/mol. The minimum Gasteiger partial charge on any atom is -0.350 e. The van der Waals surface area contributed by atoms with Gasteiger partial charge in [-0.1, -0.05) is 63.2 Å². The third kappa shape index (κ3) is 4.53.